The van der Waals surface area contributed by atoms with Gasteiger partial charge in [0.05, 0.1) is 38.8 Å². The lowest BCUT2D eigenvalue weighted by Gasteiger charge is -2.15. The Bertz CT molecular complexity index is 2090. The fourth-order valence-electron chi connectivity index (χ4n) is 5.08. The lowest BCUT2D eigenvalue weighted by Crippen LogP contribution is -2.18. The van der Waals surface area contributed by atoms with Gasteiger partial charge in [-0.05, 0) is 73.0 Å². The molecule has 6 aromatic rings. The smallest absolute Gasteiger partial charge is 0.335 e. The van der Waals surface area contributed by atoms with Crippen molar-refractivity contribution in [1.82, 2.24) is 15.0 Å². The first-order chi connectivity index (χ1) is 20.2. The van der Waals surface area contributed by atoms with E-state index in [0.717, 1.165) is 49.8 Å². The maximum atomic E-state index is 12.2. The van der Waals surface area contributed by atoms with Crippen LogP contribution in [0, 0.1) is 0 Å². The Morgan fingerprint density at radius 2 is 1.45 bits per heavy atom. The van der Waals surface area contributed by atoms with Gasteiger partial charge in [0.25, 0.3) is 0 Å². The number of carbonyl (C=O) groups is 1. The number of aromatic nitrogens is 3. The summed E-state index contributed by atoms with van der Waals surface area (Å²) in [6.45, 7) is 1.73. The van der Waals surface area contributed by atoms with Crippen LogP contribution in [0.3, 0.4) is 0 Å². The SMILES string of the molecule is CC(Cc1cc(-c2cccc(-c3nc4ccccc4nc3-c3ccc(C(=O)O)cc3)c2)c2ncccc2c1)S(C)(=O)=O. The normalized spacial score (nSPS) is 12.4. The molecule has 1 N–H and O–H groups in total. The van der Waals surface area contributed by atoms with E-state index in [9.17, 15) is 18.3 Å². The van der Waals surface area contributed by atoms with E-state index in [4.69, 9.17) is 9.97 Å². The second-order valence-electron chi connectivity index (χ2n) is 10.4. The molecule has 0 fully saturated rings. The van der Waals surface area contributed by atoms with Gasteiger partial charge in [0.15, 0.2) is 0 Å². The molecule has 0 aliphatic heterocycles. The molecule has 1 unspecified atom stereocenters. The van der Waals surface area contributed by atoms with E-state index in [1.807, 2.05) is 72.8 Å². The summed E-state index contributed by atoms with van der Waals surface area (Å²) in [6, 6.07) is 30.1. The van der Waals surface area contributed by atoms with E-state index in [0.29, 0.717) is 17.8 Å². The fourth-order valence-corrected chi connectivity index (χ4v) is 5.58. The van der Waals surface area contributed by atoms with Gasteiger partial charge in [-0.3, -0.25) is 4.98 Å². The first kappa shape index (κ1) is 27.2. The standard InChI is InChI=1S/C34H27N3O4S/c1-21(42(2,40)41)17-22-18-26-9-6-16-35-31(26)28(19-22)25-7-5-8-27(20-25)33-32(23-12-14-24(15-13-23)34(38)39)36-29-10-3-4-11-30(29)37-33/h3-16,18-21H,17H2,1-2H3,(H,38,39). The summed E-state index contributed by atoms with van der Waals surface area (Å²) in [5, 5.41) is 9.79. The molecule has 0 aliphatic rings. The second-order valence-corrected chi connectivity index (χ2v) is 12.9. The summed E-state index contributed by atoms with van der Waals surface area (Å²) in [5.74, 6) is -0.993. The molecule has 2 aromatic heterocycles. The molecule has 0 spiro atoms. The first-order valence-corrected chi connectivity index (χ1v) is 15.4. The summed E-state index contributed by atoms with van der Waals surface area (Å²) in [5.41, 5.74) is 8.10. The van der Waals surface area contributed by atoms with Gasteiger partial charge in [0.2, 0.25) is 0 Å². The van der Waals surface area contributed by atoms with Crippen molar-refractivity contribution in [2.24, 2.45) is 0 Å². The average Bonchev–Trinajstić information content (AvgIpc) is 2.99. The number of hydrogen-bond acceptors (Lipinski definition) is 6. The highest BCUT2D eigenvalue weighted by atomic mass is 32.2. The number of carboxylic acid groups (broad SMARTS) is 1. The van der Waals surface area contributed by atoms with E-state index >= 15 is 0 Å². The van der Waals surface area contributed by atoms with Crippen LogP contribution in [-0.2, 0) is 16.3 Å². The van der Waals surface area contributed by atoms with Crippen LogP contribution < -0.4 is 0 Å². The Balaban J connectivity index is 1.52. The number of rotatable bonds is 7. The van der Waals surface area contributed by atoms with Gasteiger partial charge < -0.3 is 5.11 Å². The van der Waals surface area contributed by atoms with Crippen LogP contribution in [0.5, 0.6) is 0 Å². The van der Waals surface area contributed by atoms with E-state index in [1.54, 1.807) is 37.4 Å². The van der Waals surface area contributed by atoms with Crippen molar-refractivity contribution in [3.8, 4) is 33.6 Å². The molecular formula is C34H27N3O4S. The monoisotopic (exact) mass is 573 g/mol. The Morgan fingerprint density at radius 3 is 2.12 bits per heavy atom. The minimum atomic E-state index is -3.19. The molecule has 4 aromatic carbocycles. The highest BCUT2D eigenvalue weighted by Gasteiger charge is 2.19. The number of carboxylic acids is 1. The lowest BCUT2D eigenvalue weighted by atomic mass is 9.94. The number of hydrogen-bond donors (Lipinski definition) is 1. The van der Waals surface area contributed by atoms with E-state index in [1.165, 1.54) is 6.26 Å². The van der Waals surface area contributed by atoms with Gasteiger partial charge in [0, 0.05) is 34.5 Å². The molecule has 6 rings (SSSR count). The third kappa shape index (κ3) is 5.36. The maximum Gasteiger partial charge on any atom is 0.335 e. The van der Waals surface area contributed by atoms with Crippen LogP contribution in [0.25, 0.3) is 55.6 Å². The molecule has 42 heavy (non-hydrogen) atoms. The number of benzene rings is 4. The molecule has 0 saturated carbocycles. The third-order valence-corrected chi connectivity index (χ3v) is 9.07. The predicted octanol–water partition coefficient (Wildman–Crippen LogP) is 6.85. The first-order valence-electron chi connectivity index (χ1n) is 13.5. The Morgan fingerprint density at radius 1 is 0.786 bits per heavy atom. The molecule has 2 heterocycles. The van der Waals surface area contributed by atoms with Crippen LogP contribution in [0.2, 0.25) is 0 Å². The molecule has 0 radical (unpaired) electrons. The van der Waals surface area contributed by atoms with Crippen molar-refractivity contribution in [3.05, 3.63) is 114 Å². The van der Waals surface area contributed by atoms with Crippen molar-refractivity contribution in [3.63, 3.8) is 0 Å². The fraction of sp³-hybridized carbons (Fsp3) is 0.118. The maximum absolute atomic E-state index is 12.2. The van der Waals surface area contributed by atoms with E-state index in [2.05, 4.69) is 4.98 Å². The van der Waals surface area contributed by atoms with Gasteiger partial charge in [-0.1, -0.05) is 48.5 Å². The molecule has 0 aliphatic carbocycles. The van der Waals surface area contributed by atoms with Gasteiger partial charge in [-0.25, -0.2) is 23.2 Å². The molecule has 0 bridgehead atoms. The van der Waals surface area contributed by atoms with Crippen LogP contribution >= 0.6 is 0 Å². The van der Waals surface area contributed by atoms with E-state index < -0.39 is 21.1 Å². The summed E-state index contributed by atoms with van der Waals surface area (Å²) in [6.07, 6.45) is 3.41. The Kier molecular flexibility index (Phi) is 7.00. The summed E-state index contributed by atoms with van der Waals surface area (Å²) in [7, 11) is -3.19. The number of para-hydroxylation sites is 2. The van der Waals surface area contributed by atoms with Crippen LogP contribution in [0.4, 0.5) is 0 Å². The molecule has 1 atom stereocenters. The second kappa shape index (κ2) is 10.8. The largest absolute Gasteiger partial charge is 0.478 e. The van der Waals surface area contributed by atoms with Gasteiger partial charge in [-0.15, -0.1) is 0 Å². The zero-order chi connectivity index (χ0) is 29.4. The van der Waals surface area contributed by atoms with Crippen LogP contribution in [0.1, 0.15) is 22.8 Å². The molecule has 7 nitrogen and oxygen atoms in total. The van der Waals surface area contributed by atoms with E-state index in [-0.39, 0.29) is 5.56 Å². The highest BCUT2D eigenvalue weighted by Crippen LogP contribution is 2.35. The zero-order valence-electron chi connectivity index (χ0n) is 23.0. The highest BCUT2D eigenvalue weighted by molar-refractivity contribution is 7.91. The quantitative estimate of drug-likeness (QED) is 0.222. The number of aromatic carboxylic acids is 1. The number of pyridine rings is 1. The zero-order valence-corrected chi connectivity index (χ0v) is 23.8. The minimum absolute atomic E-state index is 0.195. The molecular weight excluding hydrogens is 546 g/mol. The number of fused-ring (bicyclic) bond motifs is 2. The van der Waals surface area contributed by atoms with Crippen molar-refractivity contribution in [1.29, 1.82) is 0 Å². The summed E-state index contributed by atoms with van der Waals surface area (Å²) in [4.78, 5) is 26.0. The van der Waals surface area contributed by atoms with Gasteiger partial charge >= 0.3 is 5.97 Å². The number of nitrogens with zero attached hydrogens (tertiary/aromatic N) is 3. The van der Waals surface area contributed by atoms with Crippen LogP contribution in [0.15, 0.2) is 103 Å². The molecule has 8 heteroatoms. The lowest BCUT2D eigenvalue weighted by molar-refractivity contribution is 0.0697. The molecule has 208 valence electrons. The van der Waals surface area contributed by atoms with Crippen LogP contribution in [-0.4, -0.2) is 46.0 Å². The minimum Gasteiger partial charge on any atom is -0.478 e. The van der Waals surface area contributed by atoms with Crippen molar-refractivity contribution < 1.29 is 18.3 Å². The topological polar surface area (TPSA) is 110 Å². The van der Waals surface area contributed by atoms with Crippen molar-refractivity contribution in [2.45, 2.75) is 18.6 Å². The van der Waals surface area contributed by atoms with Crippen molar-refractivity contribution >= 4 is 37.7 Å². The van der Waals surface area contributed by atoms with Crippen molar-refractivity contribution in [2.75, 3.05) is 6.26 Å². The summed E-state index contributed by atoms with van der Waals surface area (Å²) >= 11 is 0. The molecule has 0 amide bonds. The summed E-state index contributed by atoms with van der Waals surface area (Å²) < 4.78 is 24.4. The third-order valence-electron chi connectivity index (χ3n) is 7.44. The average molecular weight is 574 g/mol. The number of sulfone groups is 1. The van der Waals surface area contributed by atoms with Gasteiger partial charge in [0.1, 0.15) is 9.84 Å². The Labute approximate surface area is 243 Å². The van der Waals surface area contributed by atoms with Gasteiger partial charge in [-0.2, -0.15) is 0 Å². The Hall–Kier alpha value is -4.95. The molecule has 0 saturated heterocycles. The predicted molar refractivity (Wildman–Crippen MR) is 166 cm³/mol.